The smallest absolute Gasteiger partial charge is 0.280 e. The molecule has 0 unspecified atom stereocenters. The summed E-state index contributed by atoms with van der Waals surface area (Å²) in [5, 5.41) is 7.35. The SMILES string of the molecule is COCCCS(=O)(=O)c1ccc(C(=NO[C@@H]2CCOC2)C(=O)Nc2ncc(CN3CCN(C=O)[C@@H](C)C3)s2)cc1. The number of aromatic nitrogens is 1. The van der Waals surface area contributed by atoms with Crippen LogP contribution in [0, 0.1) is 0 Å². The van der Waals surface area contributed by atoms with Crippen LogP contribution in [0.5, 0.6) is 0 Å². The maximum atomic E-state index is 13.3. The highest BCUT2D eigenvalue weighted by atomic mass is 32.2. The minimum atomic E-state index is -3.49. The molecule has 12 nitrogen and oxygen atoms in total. The maximum absolute atomic E-state index is 13.3. The Labute approximate surface area is 238 Å². The lowest BCUT2D eigenvalue weighted by Gasteiger charge is -2.37. The number of benzene rings is 1. The van der Waals surface area contributed by atoms with E-state index < -0.39 is 15.7 Å². The van der Waals surface area contributed by atoms with Gasteiger partial charge >= 0.3 is 0 Å². The van der Waals surface area contributed by atoms with Crippen molar-refractivity contribution in [3.8, 4) is 0 Å². The second kappa shape index (κ2) is 14.1. The lowest BCUT2D eigenvalue weighted by atomic mass is 10.1. The van der Waals surface area contributed by atoms with Crippen molar-refractivity contribution >= 4 is 44.3 Å². The van der Waals surface area contributed by atoms with Crippen LogP contribution in [-0.2, 0) is 40.3 Å². The molecular weight excluding hydrogens is 558 g/mol. The number of anilines is 1. The van der Waals surface area contributed by atoms with Gasteiger partial charge < -0.3 is 19.2 Å². The zero-order chi connectivity index (χ0) is 28.5. The first kappa shape index (κ1) is 30.1. The standard InChI is InChI=1S/C26H35N5O7S2/c1-19-15-30(9-10-31(19)18-32)16-22-14-27-26(39-22)28-25(33)24(29-38-21-8-12-37-17-21)20-4-6-23(7-5-20)40(34,35)13-3-11-36-2/h4-7,14,18-19,21H,3,8-13,15-17H2,1-2H3,(H,27,28,33)/t19-,21+/m0/s1. The lowest BCUT2D eigenvalue weighted by Crippen LogP contribution is -2.50. The molecule has 0 bridgehead atoms. The van der Waals surface area contributed by atoms with Gasteiger partial charge in [0.2, 0.25) is 6.41 Å². The van der Waals surface area contributed by atoms with Crippen molar-refractivity contribution in [3.63, 3.8) is 0 Å². The summed E-state index contributed by atoms with van der Waals surface area (Å²) in [6, 6.07) is 6.15. The molecule has 0 saturated carbocycles. The van der Waals surface area contributed by atoms with Gasteiger partial charge in [-0.15, -0.1) is 11.3 Å². The molecule has 3 heterocycles. The minimum Gasteiger partial charge on any atom is -0.389 e. The third-order valence-electron chi connectivity index (χ3n) is 6.70. The number of hydrogen-bond acceptors (Lipinski definition) is 11. The first-order valence-electron chi connectivity index (χ1n) is 13.1. The molecule has 0 radical (unpaired) electrons. The highest BCUT2D eigenvalue weighted by Crippen LogP contribution is 2.22. The lowest BCUT2D eigenvalue weighted by molar-refractivity contribution is -0.122. The van der Waals surface area contributed by atoms with Crippen LogP contribution >= 0.6 is 11.3 Å². The van der Waals surface area contributed by atoms with Crippen LogP contribution < -0.4 is 5.32 Å². The molecule has 2 amide bonds. The predicted molar refractivity (Wildman–Crippen MR) is 150 cm³/mol. The molecule has 218 valence electrons. The molecule has 1 N–H and O–H groups in total. The number of hydrogen-bond donors (Lipinski definition) is 1. The number of methoxy groups -OCH3 is 1. The van der Waals surface area contributed by atoms with Crippen LogP contribution in [0.1, 0.15) is 30.2 Å². The van der Waals surface area contributed by atoms with Crippen molar-refractivity contribution < 1.29 is 32.3 Å². The van der Waals surface area contributed by atoms with E-state index in [4.69, 9.17) is 14.3 Å². The molecule has 14 heteroatoms. The molecule has 1 aromatic heterocycles. The van der Waals surface area contributed by atoms with Crippen LogP contribution in [0.4, 0.5) is 5.13 Å². The fraction of sp³-hybridized carbons (Fsp3) is 0.538. The highest BCUT2D eigenvalue weighted by Gasteiger charge is 2.24. The van der Waals surface area contributed by atoms with Crippen molar-refractivity contribution in [2.75, 3.05) is 57.6 Å². The first-order chi connectivity index (χ1) is 19.3. The van der Waals surface area contributed by atoms with Gasteiger partial charge in [0, 0.05) is 69.0 Å². The number of carbonyl (C=O) groups is 2. The van der Waals surface area contributed by atoms with Crippen LogP contribution in [0.3, 0.4) is 0 Å². The number of rotatable bonds is 13. The average molecular weight is 594 g/mol. The van der Waals surface area contributed by atoms with Crippen LogP contribution in [-0.4, -0.2) is 106 Å². The number of carbonyl (C=O) groups excluding carboxylic acids is 2. The van der Waals surface area contributed by atoms with E-state index >= 15 is 0 Å². The van der Waals surface area contributed by atoms with E-state index in [0.29, 0.717) is 56.4 Å². The average Bonchev–Trinajstić information content (AvgIpc) is 3.62. The summed E-state index contributed by atoms with van der Waals surface area (Å²) in [6.45, 7) is 6.17. The van der Waals surface area contributed by atoms with E-state index in [-0.39, 0.29) is 28.5 Å². The van der Waals surface area contributed by atoms with E-state index in [9.17, 15) is 18.0 Å². The fourth-order valence-electron chi connectivity index (χ4n) is 4.44. The number of thiazole rings is 1. The number of amides is 2. The Kier molecular flexibility index (Phi) is 10.6. The number of nitrogens with zero attached hydrogens (tertiary/aromatic N) is 4. The molecule has 2 aliphatic rings. The summed E-state index contributed by atoms with van der Waals surface area (Å²) < 4.78 is 35.5. The Morgan fingerprint density at radius 1 is 1.30 bits per heavy atom. The van der Waals surface area contributed by atoms with Crippen LogP contribution in [0.2, 0.25) is 0 Å². The van der Waals surface area contributed by atoms with Crippen LogP contribution in [0.25, 0.3) is 0 Å². The Balaban J connectivity index is 1.45. The van der Waals surface area contributed by atoms with Gasteiger partial charge in [-0.05, 0) is 25.5 Å². The first-order valence-corrected chi connectivity index (χ1v) is 15.6. The fourth-order valence-corrected chi connectivity index (χ4v) is 6.58. The highest BCUT2D eigenvalue weighted by molar-refractivity contribution is 7.91. The van der Waals surface area contributed by atoms with Gasteiger partial charge in [0.25, 0.3) is 5.91 Å². The molecular formula is C26H35N5O7S2. The monoisotopic (exact) mass is 593 g/mol. The summed E-state index contributed by atoms with van der Waals surface area (Å²) in [7, 11) is -1.96. The van der Waals surface area contributed by atoms with E-state index in [1.54, 1.807) is 23.2 Å². The normalized spacial score (nSPS) is 20.4. The molecule has 2 fully saturated rings. The Morgan fingerprint density at radius 2 is 2.10 bits per heavy atom. The van der Waals surface area contributed by atoms with Gasteiger partial charge in [-0.2, -0.15) is 0 Å². The zero-order valence-corrected chi connectivity index (χ0v) is 24.3. The largest absolute Gasteiger partial charge is 0.389 e. The third kappa shape index (κ3) is 8.07. The minimum absolute atomic E-state index is 0.00536. The summed E-state index contributed by atoms with van der Waals surface area (Å²) in [5.74, 6) is -0.562. The van der Waals surface area contributed by atoms with Gasteiger partial charge in [-0.3, -0.25) is 19.8 Å². The van der Waals surface area contributed by atoms with Gasteiger partial charge in [0.15, 0.2) is 26.8 Å². The van der Waals surface area contributed by atoms with E-state index in [2.05, 4.69) is 20.4 Å². The molecule has 2 atom stereocenters. The topological polar surface area (TPSA) is 140 Å². The van der Waals surface area contributed by atoms with E-state index in [1.165, 1.54) is 30.6 Å². The molecule has 0 aliphatic carbocycles. The van der Waals surface area contributed by atoms with Gasteiger partial charge in [0.05, 0.1) is 23.9 Å². The summed E-state index contributed by atoms with van der Waals surface area (Å²) in [4.78, 5) is 39.6. The van der Waals surface area contributed by atoms with E-state index in [0.717, 1.165) is 24.4 Å². The molecule has 2 aromatic rings. The predicted octanol–water partition coefficient (Wildman–Crippen LogP) is 1.76. The number of nitrogens with one attached hydrogen (secondary N) is 1. The van der Waals surface area contributed by atoms with Crippen molar-refractivity contribution in [3.05, 3.63) is 40.9 Å². The second-order valence-corrected chi connectivity index (χ2v) is 13.0. The Morgan fingerprint density at radius 3 is 2.77 bits per heavy atom. The van der Waals surface area contributed by atoms with Crippen LogP contribution in [0.15, 0.2) is 40.5 Å². The van der Waals surface area contributed by atoms with Crippen molar-refractivity contribution in [2.24, 2.45) is 5.16 Å². The maximum Gasteiger partial charge on any atom is 0.280 e. The molecule has 1 aromatic carbocycles. The van der Waals surface area contributed by atoms with Gasteiger partial charge in [-0.1, -0.05) is 17.3 Å². The molecule has 2 saturated heterocycles. The summed E-state index contributed by atoms with van der Waals surface area (Å²) >= 11 is 1.36. The number of oxime groups is 1. The second-order valence-electron chi connectivity index (χ2n) is 9.73. The summed E-state index contributed by atoms with van der Waals surface area (Å²) in [5.41, 5.74) is 0.414. The quantitative estimate of drug-likeness (QED) is 0.159. The molecule has 2 aliphatic heterocycles. The summed E-state index contributed by atoms with van der Waals surface area (Å²) in [6.07, 6.45) is 3.39. The van der Waals surface area contributed by atoms with E-state index in [1.807, 2.05) is 6.92 Å². The molecule has 40 heavy (non-hydrogen) atoms. The number of piperazine rings is 1. The van der Waals surface area contributed by atoms with Crippen molar-refractivity contribution in [1.82, 2.24) is 14.8 Å². The number of ether oxygens (including phenoxy) is 2. The van der Waals surface area contributed by atoms with Gasteiger partial charge in [0.1, 0.15) is 0 Å². The molecule has 4 rings (SSSR count). The van der Waals surface area contributed by atoms with Crippen molar-refractivity contribution in [2.45, 2.75) is 43.4 Å². The van der Waals surface area contributed by atoms with Gasteiger partial charge in [-0.25, -0.2) is 13.4 Å². The number of sulfone groups is 1. The Bertz CT molecular complexity index is 1280. The van der Waals surface area contributed by atoms with Crippen molar-refractivity contribution in [1.29, 1.82) is 0 Å². The third-order valence-corrected chi connectivity index (χ3v) is 9.41. The Hall–Kier alpha value is -2.91. The zero-order valence-electron chi connectivity index (χ0n) is 22.7. The molecule has 0 spiro atoms.